The Morgan fingerprint density at radius 2 is 1.19 bits per heavy atom. The smallest absolute Gasteiger partial charge is 0.390 e. The Hall–Kier alpha value is -6.37. The summed E-state index contributed by atoms with van der Waals surface area (Å²) >= 11 is 3.31. The van der Waals surface area contributed by atoms with Crippen LogP contribution in [0.1, 0.15) is 94.5 Å². The maximum absolute atomic E-state index is 14.3. The van der Waals surface area contributed by atoms with Crippen LogP contribution in [-0.4, -0.2) is 73.3 Å². The van der Waals surface area contributed by atoms with Crippen LogP contribution < -0.4 is 15.4 Å². The molecule has 0 atom stereocenters. The predicted molar refractivity (Wildman–Crippen MR) is 251 cm³/mol. The maximum Gasteiger partial charge on any atom is 0.390 e. The van der Waals surface area contributed by atoms with Gasteiger partial charge in [0.1, 0.15) is 4.60 Å². The van der Waals surface area contributed by atoms with E-state index in [2.05, 4.69) is 41.6 Å². The third kappa shape index (κ3) is 12.5. The van der Waals surface area contributed by atoms with E-state index in [1.165, 1.54) is 19.2 Å². The summed E-state index contributed by atoms with van der Waals surface area (Å²) in [6.45, 7) is 3.20. The molecule has 0 aliphatic heterocycles. The summed E-state index contributed by atoms with van der Waals surface area (Å²) in [6.07, 6.45) is -1.42. The van der Waals surface area contributed by atoms with Crippen molar-refractivity contribution < 1.29 is 45.1 Å². The van der Waals surface area contributed by atoms with Gasteiger partial charge in [-0.1, -0.05) is 30.3 Å². The van der Waals surface area contributed by atoms with Gasteiger partial charge in [0.05, 0.1) is 60.8 Å². The largest absolute Gasteiger partial charge is 0.494 e. The zero-order chi connectivity index (χ0) is 49.2. The molecule has 2 fully saturated rings. The molecule has 2 aliphatic carbocycles. The number of aromatic nitrogens is 6. The molecule has 2 aliphatic rings. The fraction of sp³-hybridized carbons (Fsp3) is 0.360. The summed E-state index contributed by atoms with van der Waals surface area (Å²) in [4.78, 5) is 33.9. The van der Waals surface area contributed by atoms with Gasteiger partial charge in [0.15, 0.2) is 34.4 Å². The lowest BCUT2D eigenvalue weighted by Gasteiger charge is -2.13. The molecule has 0 unspecified atom stereocenters. The molecule has 2 N–H and O–H groups in total. The lowest BCUT2D eigenvalue weighted by atomic mass is 9.98. The van der Waals surface area contributed by atoms with Crippen LogP contribution >= 0.6 is 15.9 Å². The summed E-state index contributed by atoms with van der Waals surface area (Å²) in [7, 11) is 1.38. The average Bonchev–Trinajstić information content (AvgIpc) is 4.19. The van der Waals surface area contributed by atoms with Gasteiger partial charge in [-0.05, 0) is 120 Å². The van der Waals surface area contributed by atoms with Crippen LogP contribution in [0.4, 0.5) is 42.1 Å². The van der Waals surface area contributed by atoms with Crippen molar-refractivity contribution in [1.29, 1.82) is 0 Å². The molecule has 0 amide bonds. The van der Waals surface area contributed by atoms with Gasteiger partial charge in [0, 0.05) is 54.6 Å². The van der Waals surface area contributed by atoms with Crippen molar-refractivity contribution in [3.05, 3.63) is 123 Å². The number of anilines is 2. The minimum atomic E-state index is -4.31. The summed E-state index contributed by atoms with van der Waals surface area (Å²) in [6, 6.07) is 19.0. The number of ketones is 2. The first-order valence-corrected chi connectivity index (χ1v) is 23.3. The molecule has 0 spiro atoms. The third-order valence-corrected chi connectivity index (χ3v) is 12.4. The second-order valence-corrected chi connectivity index (χ2v) is 18.4. The van der Waals surface area contributed by atoms with Crippen molar-refractivity contribution in [1.82, 2.24) is 29.2 Å². The highest BCUT2D eigenvalue weighted by molar-refractivity contribution is 9.10. The monoisotopic (exact) mass is 1020 g/mol. The van der Waals surface area contributed by atoms with E-state index in [1.54, 1.807) is 45.7 Å². The zero-order valence-corrected chi connectivity index (χ0v) is 39.5. The summed E-state index contributed by atoms with van der Waals surface area (Å²) < 4.78 is 98.8. The summed E-state index contributed by atoms with van der Waals surface area (Å²) in [5.41, 5.74) is 8.80. The first kappa shape index (κ1) is 49.1. The molecule has 4 aromatic heterocycles. The Morgan fingerprint density at radius 3 is 1.64 bits per heavy atom. The number of benzene rings is 3. The molecular weight excluding hydrogens is 973 g/mol. The van der Waals surface area contributed by atoms with E-state index < -0.39 is 31.0 Å². The van der Waals surface area contributed by atoms with Crippen LogP contribution in [0.5, 0.6) is 5.75 Å². The van der Waals surface area contributed by atoms with E-state index in [0.29, 0.717) is 80.2 Å². The lowest BCUT2D eigenvalue weighted by molar-refractivity contribution is -0.132. The van der Waals surface area contributed by atoms with Gasteiger partial charge in [-0.15, -0.1) is 0 Å². The first-order valence-electron chi connectivity index (χ1n) is 22.5. The number of hydrogen-bond donors (Lipinski definition) is 2. The van der Waals surface area contributed by atoms with Crippen LogP contribution in [0.3, 0.4) is 0 Å². The number of imidazole rings is 2. The average molecular weight is 1020 g/mol. The van der Waals surface area contributed by atoms with Gasteiger partial charge >= 0.3 is 12.4 Å². The Kier molecular flexibility index (Phi) is 14.4. The van der Waals surface area contributed by atoms with Crippen molar-refractivity contribution >= 4 is 50.2 Å². The number of halogens is 8. The van der Waals surface area contributed by atoms with Crippen LogP contribution in [-0.2, 0) is 6.42 Å². The Balaban J connectivity index is 0.000000192. The Labute approximate surface area is 401 Å². The van der Waals surface area contributed by atoms with E-state index in [4.69, 9.17) is 9.84 Å². The number of nitrogens with one attached hydrogen (secondary N) is 2. The van der Waals surface area contributed by atoms with Crippen molar-refractivity contribution in [2.45, 2.75) is 84.0 Å². The second-order valence-electron chi connectivity index (χ2n) is 17.6. The number of alkyl halides is 6. The number of Topliss-reactive ketones (excluding diaryl/α,β-unsaturated/α-hetero) is 2. The number of methoxy groups -OCH3 is 1. The van der Waals surface area contributed by atoms with Crippen LogP contribution in [0.2, 0.25) is 0 Å². The minimum Gasteiger partial charge on any atom is -0.494 e. The Bertz CT molecular complexity index is 3030. The quantitative estimate of drug-likeness (QED) is 0.0677. The maximum atomic E-state index is 14.3. The molecule has 2 saturated carbocycles. The van der Waals surface area contributed by atoms with Crippen molar-refractivity contribution in [2.75, 3.05) is 30.8 Å². The molecule has 9 rings (SSSR count). The van der Waals surface area contributed by atoms with Crippen molar-refractivity contribution in [2.24, 2.45) is 11.8 Å². The first-order chi connectivity index (χ1) is 32.8. The Morgan fingerprint density at radius 1 is 0.696 bits per heavy atom. The molecule has 7 aromatic rings. The molecule has 0 bridgehead atoms. The van der Waals surface area contributed by atoms with Crippen LogP contribution in [0.15, 0.2) is 83.7 Å². The zero-order valence-electron chi connectivity index (χ0n) is 37.9. The predicted octanol–water partition coefficient (Wildman–Crippen LogP) is 12.6. The van der Waals surface area contributed by atoms with Crippen molar-refractivity contribution in [3.63, 3.8) is 0 Å². The highest BCUT2D eigenvalue weighted by Gasteiger charge is 2.29. The van der Waals surface area contributed by atoms with Gasteiger partial charge in [-0.2, -0.15) is 36.5 Å². The third-order valence-electron chi connectivity index (χ3n) is 12.0. The van der Waals surface area contributed by atoms with Crippen LogP contribution in [0, 0.1) is 31.5 Å². The number of fused-ring (bicyclic) bond motifs is 2. The number of carbonyl (C=O) groups excluding carboxylic acids is 2. The number of carbonyl (C=O) groups is 2. The van der Waals surface area contributed by atoms with Crippen LogP contribution in [0.25, 0.3) is 33.8 Å². The normalized spacial score (nSPS) is 13.9. The fourth-order valence-electron chi connectivity index (χ4n) is 8.06. The second kappa shape index (κ2) is 20.3. The highest BCUT2D eigenvalue weighted by Crippen LogP contribution is 2.36. The van der Waals surface area contributed by atoms with E-state index in [0.717, 1.165) is 53.5 Å². The molecule has 0 saturated heterocycles. The SMILES string of the molecule is COc1ccc(Cc2cc(NCCC(F)(F)F)c3ncc(-c4ccc(C(=O)CC5CC5)c(C)c4)n3n2)cc1F.Cc1cc(-c2cnc3c(NCCC(F)(F)F)cc(Br)nn23)ccc1C(=O)CC1CC1. The molecule has 19 heteroatoms. The summed E-state index contributed by atoms with van der Waals surface area (Å²) in [5.74, 6) is 0.901. The van der Waals surface area contributed by atoms with Gasteiger partial charge in [0.25, 0.3) is 0 Å². The van der Waals surface area contributed by atoms with Gasteiger partial charge < -0.3 is 15.4 Å². The fourth-order valence-corrected chi connectivity index (χ4v) is 8.45. The number of rotatable bonds is 17. The highest BCUT2D eigenvalue weighted by atomic mass is 79.9. The van der Waals surface area contributed by atoms with Gasteiger partial charge in [0.2, 0.25) is 0 Å². The number of aryl methyl sites for hydroxylation is 2. The molecule has 0 radical (unpaired) electrons. The molecule has 3 aromatic carbocycles. The summed E-state index contributed by atoms with van der Waals surface area (Å²) in [5, 5.41) is 14.7. The number of nitrogens with zero attached hydrogens (tertiary/aromatic N) is 6. The minimum absolute atomic E-state index is 0.114. The molecule has 69 heavy (non-hydrogen) atoms. The van der Waals surface area contributed by atoms with E-state index >= 15 is 0 Å². The molecule has 11 nitrogen and oxygen atoms in total. The lowest BCUT2D eigenvalue weighted by Crippen LogP contribution is -2.15. The number of ether oxygens (including phenoxy) is 1. The van der Waals surface area contributed by atoms with E-state index in [9.17, 15) is 40.3 Å². The molecule has 362 valence electrons. The topological polar surface area (TPSA) is 128 Å². The van der Waals surface area contributed by atoms with Crippen molar-refractivity contribution in [3.8, 4) is 28.3 Å². The molecule has 4 heterocycles. The number of hydrogen-bond acceptors (Lipinski definition) is 9. The molecular formula is C50H48BrF7N8O3. The standard InChI is InChI=1S/C29H28F4N4O2.C21H20BrF3N4O/c1-17-11-20(6-7-22(17)26(38)14-18-3-4-18)25-16-35-28-24(34-10-9-29(31,32)33)15-21(36-37(25)28)12-19-5-8-27(39-2)23(30)13-19;1-12-8-14(4-5-15(12)18(30)9-13-2-3-13)17-11-27-20-16(10-19(22)28-29(17)20)26-7-6-21(23,24)25/h5-8,11,13,15-16,18,34H,3-4,9-10,12,14H2,1-2H3;4-5,8,10-11,13,26H,2-3,6-7,9H2,1H3. The van der Waals surface area contributed by atoms with Gasteiger partial charge in [-0.3, -0.25) is 9.59 Å². The van der Waals surface area contributed by atoms with Gasteiger partial charge in [-0.25, -0.2) is 23.4 Å². The van der Waals surface area contributed by atoms with E-state index in [-0.39, 0.29) is 36.8 Å². The van der Waals surface area contributed by atoms with E-state index in [1.807, 2.05) is 44.2 Å².